The molecule has 0 bridgehead atoms. The van der Waals surface area contributed by atoms with E-state index in [0.29, 0.717) is 19.0 Å². The first-order chi connectivity index (χ1) is 13.7. The van der Waals surface area contributed by atoms with E-state index < -0.39 is 0 Å². The van der Waals surface area contributed by atoms with Gasteiger partial charge in [0.1, 0.15) is 5.82 Å². The van der Waals surface area contributed by atoms with Gasteiger partial charge in [-0.15, -0.1) is 0 Å². The van der Waals surface area contributed by atoms with Crippen LogP contribution in [0.5, 0.6) is 0 Å². The smallest absolute Gasteiger partial charge is 0.228 e. The summed E-state index contributed by atoms with van der Waals surface area (Å²) in [5, 5.41) is 3.40. The minimum Gasteiger partial charge on any atom is -0.342 e. The van der Waals surface area contributed by atoms with E-state index in [9.17, 15) is 4.79 Å². The van der Waals surface area contributed by atoms with Gasteiger partial charge in [0.2, 0.25) is 12.4 Å². The Hall–Kier alpha value is -3.41. The van der Waals surface area contributed by atoms with E-state index in [0.717, 1.165) is 42.3 Å². The number of amides is 1. The minimum atomic E-state index is 0.682. The van der Waals surface area contributed by atoms with Gasteiger partial charge in [0, 0.05) is 43.5 Å². The molecule has 2 aromatic carbocycles. The van der Waals surface area contributed by atoms with Gasteiger partial charge >= 0.3 is 0 Å². The summed E-state index contributed by atoms with van der Waals surface area (Å²) in [6.07, 6.45) is 0.906. The van der Waals surface area contributed by atoms with E-state index in [-0.39, 0.29) is 0 Å². The molecule has 3 aromatic rings. The minimum absolute atomic E-state index is 0.682. The van der Waals surface area contributed by atoms with Crippen LogP contribution < -0.4 is 10.2 Å². The zero-order valence-corrected chi connectivity index (χ0v) is 15.9. The molecule has 0 atom stereocenters. The molecule has 142 valence electrons. The number of piperazine rings is 1. The summed E-state index contributed by atoms with van der Waals surface area (Å²) in [6, 6.07) is 20.3. The maximum Gasteiger partial charge on any atom is 0.228 e. The number of hydrogen-bond acceptors (Lipinski definition) is 5. The number of anilines is 3. The number of benzene rings is 2. The number of nitrogens with one attached hydrogen (secondary N) is 1. The first-order valence-corrected chi connectivity index (χ1v) is 9.44. The number of hydrogen-bond donors (Lipinski definition) is 1. The molecule has 0 spiro atoms. The average Bonchev–Trinajstić information content (AvgIpc) is 2.76. The lowest BCUT2D eigenvalue weighted by Gasteiger charge is -2.32. The zero-order chi connectivity index (χ0) is 19.3. The zero-order valence-electron chi connectivity index (χ0n) is 15.9. The van der Waals surface area contributed by atoms with E-state index in [1.54, 1.807) is 4.90 Å². The lowest BCUT2D eigenvalue weighted by molar-refractivity contribution is -0.118. The molecule has 28 heavy (non-hydrogen) atoms. The van der Waals surface area contributed by atoms with Crippen LogP contribution in [0.4, 0.5) is 17.5 Å². The highest BCUT2D eigenvalue weighted by molar-refractivity contribution is 5.67. The van der Waals surface area contributed by atoms with Crippen LogP contribution in [0.25, 0.3) is 11.3 Å². The molecule has 1 fully saturated rings. The van der Waals surface area contributed by atoms with Crippen molar-refractivity contribution in [3.05, 3.63) is 66.2 Å². The topological polar surface area (TPSA) is 61.4 Å². The Morgan fingerprint density at radius 3 is 2.32 bits per heavy atom. The molecule has 0 aliphatic carbocycles. The number of aryl methyl sites for hydroxylation is 1. The van der Waals surface area contributed by atoms with Crippen molar-refractivity contribution in [2.24, 2.45) is 0 Å². The summed E-state index contributed by atoms with van der Waals surface area (Å²) in [5.74, 6) is 1.44. The Bertz CT molecular complexity index is 935. The molecule has 1 saturated heterocycles. The Morgan fingerprint density at radius 2 is 1.64 bits per heavy atom. The Kier molecular flexibility index (Phi) is 5.19. The third kappa shape index (κ3) is 4.11. The third-order valence-corrected chi connectivity index (χ3v) is 4.85. The van der Waals surface area contributed by atoms with Crippen LogP contribution in [0.3, 0.4) is 0 Å². The van der Waals surface area contributed by atoms with E-state index in [1.165, 1.54) is 5.56 Å². The van der Waals surface area contributed by atoms with Crippen LogP contribution in [0.2, 0.25) is 0 Å². The van der Waals surface area contributed by atoms with E-state index in [4.69, 9.17) is 9.97 Å². The van der Waals surface area contributed by atoms with Crippen molar-refractivity contribution in [1.82, 2.24) is 14.9 Å². The van der Waals surface area contributed by atoms with Crippen molar-refractivity contribution < 1.29 is 4.79 Å². The van der Waals surface area contributed by atoms with Gasteiger partial charge in [-0.25, -0.2) is 4.98 Å². The highest BCUT2D eigenvalue weighted by atomic mass is 16.1. The van der Waals surface area contributed by atoms with Gasteiger partial charge in [-0.05, 0) is 19.1 Å². The lowest BCUT2D eigenvalue weighted by atomic mass is 10.1. The summed E-state index contributed by atoms with van der Waals surface area (Å²) in [4.78, 5) is 24.5. The standard InChI is InChI=1S/C22H23N5O/c1-17-7-9-19(10-8-17)23-21-15-20(18-5-3-2-4-6-18)24-22(25-21)27-13-11-26(16-28)12-14-27/h2-10,15-16H,11-14H2,1H3,(H,23,24,25). The number of carbonyl (C=O) groups is 1. The second-order valence-electron chi connectivity index (χ2n) is 6.92. The van der Waals surface area contributed by atoms with E-state index in [1.807, 2.05) is 48.5 Å². The van der Waals surface area contributed by atoms with Crippen LogP contribution in [-0.4, -0.2) is 47.5 Å². The summed E-state index contributed by atoms with van der Waals surface area (Å²) in [6.45, 7) is 4.88. The molecule has 4 rings (SSSR count). The van der Waals surface area contributed by atoms with Gasteiger partial charge in [-0.2, -0.15) is 4.98 Å². The van der Waals surface area contributed by atoms with Crippen molar-refractivity contribution in [3.63, 3.8) is 0 Å². The normalized spacial score (nSPS) is 14.0. The number of nitrogens with zero attached hydrogens (tertiary/aromatic N) is 4. The largest absolute Gasteiger partial charge is 0.342 e. The second kappa shape index (κ2) is 8.08. The highest BCUT2D eigenvalue weighted by Crippen LogP contribution is 2.25. The summed E-state index contributed by atoms with van der Waals surface area (Å²) >= 11 is 0. The van der Waals surface area contributed by atoms with E-state index >= 15 is 0 Å². The predicted molar refractivity (Wildman–Crippen MR) is 112 cm³/mol. The molecule has 0 saturated carbocycles. The van der Waals surface area contributed by atoms with Gasteiger partial charge in [-0.3, -0.25) is 4.79 Å². The predicted octanol–water partition coefficient (Wildman–Crippen LogP) is 3.47. The first-order valence-electron chi connectivity index (χ1n) is 9.44. The average molecular weight is 373 g/mol. The molecule has 0 radical (unpaired) electrons. The number of rotatable bonds is 5. The summed E-state index contributed by atoms with van der Waals surface area (Å²) in [7, 11) is 0. The molecular weight excluding hydrogens is 350 g/mol. The first kappa shape index (κ1) is 18.0. The molecule has 1 amide bonds. The van der Waals surface area contributed by atoms with Gasteiger partial charge in [0.25, 0.3) is 0 Å². The van der Waals surface area contributed by atoms with Crippen molar-refractivity contribution in [1.29, 1.82) is 0 Å². The Labute approximate surface area is 164 Å². The summed E-state index contributed by atoms with van der Waals surface area (Å²) in [5.41, 5.74) is 4.12. The molecule has 1 aromatic heterocycles. The molecule has 0 unspecified atom stereocenters. The summed E-state index contributed by atoms with van der Waals surface area (Å²) < 4.78 is 0. The molecule has 2 heterocycles. The van der Waals surface area contributed by atoms with Gasteiger partial charge in [-0.1, -0.05) is 48.0 Å². The van der Waals surface area contributed by atoms with Gasteiger partial charge in [0.15, 0.2) is 0 Å². The van der Waals surface area contributed by atoms with Crippen LogP contribution in [0.1, 0.15) is 5.56 Å². The lowest BCUT2D eigenvalue weighted by Crippen LogP contribution is -2.46. The van der Waals surface area contributed by atoms with Crippen molar-refractivity contribution in [3.8, 4) is 11.3 Å². The van der Waals surface area contributed by atoms with Crippen LogP contribution in [-0.2, 0) is 4.79 Å². The number of carbonyl (C=O) groups excluding carboxylic acids is 1. The fourth-order valence-corrected chi connectivity index (χ4v) is 3.21. The Balaban J connectivity index is 1.67. The fraction of sp³-hybridized carbons (Fsp3) is 0.227. The van der Waals surface area contributed by atoms with Crippen molar-refractivity contribution >= 4 is 23.9 Å². The molecule has 1 aliphatic rings. The maximum atomic E-state index is 11.0. The van der Waals surface area contributed by atoms with Crippen LogP contribution in [0.15, 0.2) is 60.7 Å². The molecule has 6 heteroatoms. The molecule has 1 aliphatic heterocycles. The van der Waals surface area contributed by atoms with E-state index in [2.05, 4.69) is 29.3 Å². The molecule has 6 nitrogen and oxygen atoms in total. The van der Waals surface area contributed by atoms with Crippen LogP contribution >= 0.6 is 0 Å². The Morgan fingerprint density at radius 1 is 0.929 bits per heavy atom. The fourth-order valence-electron chi connectivity index (χ4n) is 3.21. The van der Waals surface area contributed by atoms with Crippen LogP contribution in [0, 0.1) is 6.92 Å². The third-order valence-electron chi connectivity index (χ3n) is 4.85. The van der Waals surface area contributed by atoms with Gasteiger partial charge in [0.05, 0.1) is 5.69 Å². The van der Waals surface area contributed by atoms with Crippen molar-refractivity contribution in [2.75, 3.05) is 36.4 Å². The maximum absolute atomic E-state index is 11.0. The van der Waals surface area contributed by atoms with Crippen molar-refractivity contribution in [2.45, 2.75) is 6.92 Å². The monoisotopic (exact) mass is 373 g/mol. The quantitative estimate of drug-likeness (QED) is 0.694. The highest BCUT2D eigenvalue weighted by Gasteiger charge is 2.19. The van der Waals surface area contributed by atoms with Gasteiger partial charge < -0.3 is 15.1 Å². The molecule has 1 N–H and O–H groups in total. The SMILES string of the molecule is Cc1ccc(Nc2cc(-c3ccccc3)nc(N3CCN(C=O)CC3)n2)cc1. The number of aromatic nitrogens is 2. The molecular formula is C22H23N5O. The second-order valence-corrected chi connectivity index (χ2v) is 6.92.